The van der Waals surface area contributed by atoms with Gasteiger partial charge in [-0.15, -0.1) is 0 Å². The van der Waals surface area contributed by atoms with Gasteiger partial charge < -0.3 is 5.11 Å². The van der Waals surface area contributed by atoms with Gasteiger partial charge in [0.25, 0.3) is 0 Å². The van der Waals surface area contributed by atoms with Gasteiger partial charge in [-0.25, -0.2) is 0 Å². The molecule has 0 aliphatic heterocycles. The maximum atomic E-state index is 8.83. The molecule has 3 heteroatoms. The van der Waals surface area contributed by atoms with Gasteiger partial charge in [0.05, 0.1) is 6.20 Å². The third-order valence-electron chi connectivity index (χ3n) is 2.64. The normalized spacial score (nSPS) is 10.6. The highest BCUT2D eigenvalue weighted by Crippen LogP contribution is 2.19. The van der Waals surface area contributed by atoms with Crippen molar-refractivity contribution in [3.8, 4) is 11.1 Å². The second-order valence-electron chi connectivity index (χ2n) is 3.76. The van der Waals surface area contributed by atoms with Gasteiger partial charge in [-0.1, -0.05) is 24.3 Å². The Balaban J connectivity index is 2.20. The van der Waals surface area contributed by atoms with Gasteiger partial charge in [0.1, 0.15) is 0 Å². The molecule has 0 bridgehead atoms. The smallest absolute Gasteiger partial charge is 0.0568 e. The molecule has 0 spiro atoms. The van der Waals surface area contributed by atoms with E-state index in [-0.39, 0.29) is 6.61 Å². The lowest BCUT2D eigenvalue weighted by molar-refractivity contribution is 0.299. The average Bonchev–Trinajstić information content (AvgIpc) is 2.79. The van der Waals surface area contributed by atoms with E-state index in [2.05, 4.69) is 36.3 Å². The fourth-order valence-corrected chi connectivity index (χ4v) is 1.68. The van der Waals surface area contributed by atoms with Crippen molar-refractivity contribution in [2.45, 2.75) is 19.9 Å². The molecule has 3 nitrogen and oxygen atoms in total. The summed E-state index contributed by atoms with van der Waals surface area (Å²) in [6, 6.07) is 8.24. The standard InChI is InChI=1S/C13H16N2O/c1-2-15-10-13(9-14-15)12-5-3-11(4-6-12)7-8-16/h3-6,9-10,16H,2,7-8H2,1H3. The van der Waals surface area contributed by atoms with Crippen LogP contribution in [0.2, 0.25) is 0 Å². The summed E-state index contributed by atoms with van der Waals surface area (Å²) in [7, 11) is 0. The number of aromatic nitrogens is 2. The van der Waals surface area contributed by atoms with Crippen molar-refractivity contribution in [2.24, 2.45) is 0 Å². The van der Waals surface area contributed by atoms with Crippen LogP contribution in [-0.2, 0) is 13.0 Å². The first-order chi connectivity index (χ1) is 7.83. The number of hydrogen-bond acceptors (Lipinski definition) is 2. The Morgan fingerprint density at radius 1 is 1.19 bits per heavy atom. The molecule has 0 atom stereocenters. The van der Waals surface area contributed by atoms with E-state index < -0.39 is 0 Å². The molecular weight excluding hydrogens is 200 g/mol. The van der Waals surface area contributed by atoms with Crippen LogP contribution in [-0.4, -0.2) is 21.5 Å². The van der Waals surface area contributed by atoms with Crippen LogP contribution in [0.3, 0.4) is 0 Å². The summed E-state index contributed by atoms with van der Waals surface area (Å²) in [5.41, 5.74) is 3.47. The topological polar surface area (TPSA) is 38.0 Å². The van der Waals surface area contributed by atoms with E-state index in [1.807, 2.05) is 17.1 Å². The van der Waals surface area contributed by atoms with Gasteiger partial charge >= 0.3 is 0 Å². The predicted molar refractivity (Wildman–Crippen MR) is 64.1 cm³/mol. The van der Waals surface area contributed by atoms with E-state index in [0.717, 1.165) is 17.7 Å². The van der Waals surface area contributed by atoms with Crippen molar-refractivity contribution in [3.05, 3.63) is 42.2 Å². The molecule has 2 rings (SSSR count). The van der Waals surface area contributed by atoms with Crippen LogP contribution in [0.25, 0.3) is 11.1 Å². The molecule has 0 saturated heterocycles. The van der Waals surface area contributed by atoms with Crippen LogP contribution in [0.4, 0.5) is 0 Å². The molecule has 84 valence electrons. The second-order valence-corrected chi connectivity index (χ2v) is 3.76. The van der Waals surface area contributed by atoms with E-state index in [1.54, 1.807) is 0 Å². The first kappa shape index (κ1) is 10.9. The molecule has 2 aromatic rings. The molecule has 1 aromatic heterocycles. The zero-order valence-electron chi connectivity index (χ0n) is 9.43. The highest BCUT2D eigenvalue weighted by molar-refractivity contribution is 5.61. The molecular formula is C13H16N2O. The fraction of sp³-hybridized carbons (Fsp3) is 0.308. The minimum atomic E-state index is 0.202. The number of aliphatic hydroxyl groups excluding tert-OH is 1. The number of benzene rings is 1. The van der Waals surface area contributed by atoms with Crippen molar-refractivity contribution in [1.29, 1.82) is 0 Å². The number of rotatable bonds is 4. The van der Waals surface area contributed by atoms with Crippen LogP contribution >= 0.6 is 0 Å². The molecule has 0 amide bonds. The molecule has 0 unspecified atom stereocenters. The number of aryl methyl sites for hydroxylation is 1. The summed E-state index contributed by atoms with van der Waals surface area (Å²) in [6.45, 7) is 3.16. The Morgan fingerprint density at radius 2 is 1.94 bits per heavy atom. The first-order valence-corrected chi connectivity index (χ1v) is 5.56. The molecule has 16 heavy (non-hydrogen) atoms. The van der Waals surface area contributed by atoms with Crippen LogP contribution in [0.15, 0.2) is 36.7 Å². The van der Waals surface area contributed by atoms with E-state index in [9.17, 15) is 0 Å². The lowest BCUT2D eigenvalue weighted by Crippen LogP contribution is -1.92. The molecule has 0 aliphatic carbocycles. The Hall–Kier alpha value is -1.61. The quantitative estimate of drug-likeness (QED) is 0.850. The van der Waals surface area contributed by atoms with Crippen molar-refractivity contribution < 1.29 is 5.11 Å². The third kappa shape index (κ3) is 2.31. The molecule has 1 N–H and O–H groups in total. The van der Waals surface area contributed by atoms with E-state index in [0.29, 0.717) is 6.42 Å². The maximum absolute atomic E-state index is 8.83. The Kier molecular flexibility index (Phi) is 3.37. The zero-order valence-corrected chi connectivity index (χ0v) is 9.43. The number of aliphatic hydroxyl groups is 1. The summed E-state index contributed by atoms with van der Waals surface area (Å²) in [5, 5.41) is 13.1. The SMILES string of the molecule is CCn1cc(-c2ccc(CCO)cc2)cn1. The van der Waals surface area contributed by atoms with Crippen molar-refractivity contribution in [1.82, 2.24) is 9.78 Å². The van der Waals surface area contributed by atoms with Gasteiger partial charge in [0, 0.05) is 24.9 Å². The minimum Gasteiger partial charge on any atom is -0.396 e. The summed E-state index contributed by atoms with van der Waals surface area (Å²) >= 11 is 0. The van der Waals surface area contributed by atoms with Crippen molar-refractivity contribution in [3.63, 3.8) is 0 Å². The highest BCUT2D eigenvalue weighted by Gasteiger charge is 2.00. The monoisotopic (exact) mass is 216 g/mol. The van der Waals surface area contributed by atoms with E-state index in [1.165, 1.54) is 5.56 Å². The summed E-state index contributed by atoms with van der Waals surface area (Å²) in [4.78, 5) is 0. The summed E-state index contributed by atoms with van der Waals surface area (Å²) < 4.78 is 1.91. The maximum Gasteiger partial charge on any atom is 0.0568 e. The van der Waals surface area contributed by atoms with Crippen LogP contribution < -0.4 is 0 Å². The number of hydrogen-bond donors (Lipinski definition) is 1. The largest absolute Gasteiger partial charge is 0.396 e. The average molecular weight is 216 g/mol. The van der Waals surface area contributed by atoms with Gasteiger partial charge in [0.15, 0.2) is 0 Å². The summed E-state index contributed by atoms with van der Waals surface area (Å²) in [5.74, 6) is 0. The second kappa shape index (κ2) is 4.94. The van der Waals surface area contributed by atoms with E-state index >= 15 is 0 Å². The van der Waals surface area contributed by atoms with Crippen LogP contribution in [0, 0.1) is 0 Å². The zero-order chi connectivity index (χ0) is 11.4. The van der Waals surface area contributed by atoms with Crippen molar-refractivity contribution in [2.75, 3.05) is 6.61 Å². The Bertz CT molecular complexity index is 445. The summed E-state index contributed by atoms with van der Waals surface area (Å²) in [6.07, 6.45) is 4.64. The van der Waals surface area contributed by atoms with Gasteiger partial charge in [-0.2, -0.15) is 5.10 Å². The third-order valence-corrected chi connectivity index (χ3v) is 2.64. The van der Waals surface area contributed by atoms with E-state index in [4.69, 9.17) is 5.11 Å². The van der Waals surface area contributed by atoms with Gasteiger partial charge in [-0.05, 0) is 24.5 Å². The van der Waals surface area contributed by atoms with Gasteiger partial charge in [0.2, 0.25) is 0 Å². The number of nitrogens with zero attached hydrogens (tertiary/aromatic N) is 2. The Labute approximate surface area is 95.3 Å². The highest BCUT2D eigenvalue weighted by atomic mass is 16.2. The lowest BCUT2D eigenvalue weighted by atomic mass is 10.1. The fourth-order valence-electron chi connectivity index (χ4n) is 1.68. The minimum absolute atomic E-state index is 0.202. The molecule has 0 fully saturated rings. The molecule has 1 aromatic carbocycles. The van der Waals surface area contributed by atoms with Crippen molar-refractivity contribution >= 4 is 0 Å². The van der Waals surface area contributed by atoms with Crippen LogP contribution in [0.1, 0.15) is 12.5 Å². The first-order valence-electron chi connectivity index (χ1n) is 5.56. The molecule has 1 heterocycles. The van der Waals surface area contributed by atoms with Gasteiger partial charge in [-0.3, -0.25) is 4.68 Å². The van der Waals surface area contributed by atoms with Crippen LogP contribution in [0.5, 0.6) is 0 Å². The predicted octanol–water partition coefficient (Wildman–Crippen LogP) is 2.10. The Morgan fingerprint density at radius 3 is 2.50 bits per heavy atom. The lowest BCUT2D eigenvalue weighted by Gasteiger charge is -2.00. The molecule has 0 aliphatic rings. The molecule has 0 saturated carbocycles. The molecule has 0 radical (unpaired) electrons.